The fourth-order valence-corrected chi connectivity index (χ4v) is 7.18. The van der Waals surface area contributed by atoms with Gasteiger partial charge in [0.1, 0.15) is 35.5 Å². The van der Waals surface area contributed by atoms with Crippen molar-refractivity contribution in [3.63, 3.8) is 0 Å². The van der Waals surface area contributed by atoms with Crippen LogP contribution in [0.2, 0.25) is 0 Å². The van der Waals surface area contributed by atoms with Gasteiger partial charge in [0.05, 0.1) is 16.5 Å². The molecule has 220 valence electrons. The number of rotatable bonds is 5. The Morgan fingerprint density at radius 1 is 1.12 bits per heavy atom. The predicted molar refractivity (Wildman–Crippen MR) is 146 cm³/mol. The Balaban J connectivity index is 1.36. The molecule has 3 aromatic rings. The van der Waals surface area contributed by atoms with Crippen LogP contribution < -0.4 is 15.0 Å². The van der Waals surface area contributed by atoms with E-state index in [4.69, 9.17) is 16.1 Å². The lowest BCUT2D eigenvalue weighted by Crippen LogP contribution is -2.51. The Kier molecular flexibility index (Phi) is 6.51. The fraction of sp³-hybridized carbons (Fsp3) is 0.500. The van der Waals surface area contributed by atoms with E-state index in [2.05, 4.69) is 26.1 Å². The zero-order valence-electron chi connectivity index (χ0n) is 22.7. The molecule has 42 heavy (non-hydrogen) atoms. The summed E-state index contributed by atoms with van der Waals surface area (Å²) in [4.78, 5) is 17.6. The first-order valence-corrected chi connectivity index (χ1v) is 14.2. The van der Waals surface area contributed by atoms with Crippen molar-refractivity contribution in [3.8, 4) is 29.6 Å². The van der Waals surface area contributed by atoms with Crippen LogP contribution in [-0.4, -0.2) is 76.4 Å². The molecular formula is C30H29F5N6O. The number of fused-ring (bicyclic) bond motifs is 4. The summed E-state index contributed by atoms with van der Waals surface area (Å²) in [5.41, 5.74) is -1.97. The van der Waals surface area contributed by atoms with Crippen LogP contribution in [0.5, 0.6) is 6.01 Å². The minimum absolute atomic E-state index is 0.0304. The quantitative estimate of drug-likeness (QED) is 0.344. The van der Waals surface area contributed by atoms with Crippen LogP contribution in [0.1, 0.15) is 43.4 Å². The number of nitrogens with zero attached hydrogens (tertiary/aromatic N) is 5. The lowest BCUT2D eigenvalue weighted by molar-refractivity contribution is -0.137. The van der Waals surface area contributed by atoms with Crippen molar-refractivity contribution in [2.24, 2.45) is 0 Å². The van der Waals surface area contributed by atoms with E-state index in [1.807, 2.05) is 4.90 Å². The summed E-state index contributed by atoms with van der Waals surface area (Å²) in [6, 6.07) is 4.65. The number of pyridine rings is 1. The Hall–Kier alpha value is -3.56. The molecule has 12 heteroatoms. The molecular weight excluding hydrogens is 555 g/mol. The van der Waals surface area contributed by atoms with Crippen LogP contribution in [0.25, 0.3) is 22.2 Å². The lowest BCUT2D eigenvalue weighted by Gasteiger charge is -2.34. The van der Waals surface area contributed by atoms with Crippen LogP contribution in [0.4, 0.5) is 27.8 Å². The number of piperazine rings is 1. The largest absolute Gasteiger partial charge is 0.461 e. The lowest BCUT2D eigenvalue weighted by atomic mass is 9.95. The third kappa shape index (κ3) is 4.63. The summed E-state index contributed by atoms with van der Waals surface area (Å²) in [5, 5.41) is 3.76. The second-order valence-electron chi connectivity index (χ2n) is 11.8. The van der Waals surface area contributed by atoms with Crippen LogP contribution in [0, 0.1) is 18.2 Å². The first kappa shape index (κ1) is 27.3. The Labute approximate surface area is 239 Å². The third-order valence-corrected chi connectivity index (χ3v) is 9.09. The van der Waals surface area contributed by atoms with E-state index in [0.29, 0.717) is 31.9 Å². The van der Waals surface area contributed by atoms with E-state index >= 15 is 4.39 Å². The van der Waals surface area contributed by atoms with Crippen LogP contribution in [0.15, 0.2) is 24.3 Å². The number of anilines is 1. The molecule has 4 fully saturated rings. The number of benzene rings is 1. The maximum absolute atomic E-state index is 16.4. The maximum atomic E-state index is 16.4. The summed E-state index contributed by atoms with van der Waals surface area (Å²) in [6.07, 6.45) is 4.30. The van der Waals surface area contributed by atoms with Gasteiger partial charge in [-0.15, -0.1) is 6.42 Å². The molecule has 4 atom stereocenters. The van der Waals surface area contributed by atoms with Gasteiger partial charge >= 0.3 is 12.2 Å². The molecule has 1 aromatic carbocycles. The molecule has 7 rings (SSSR count). The van der Waals surface area contributed by atoms with Crippen molar-refractivity contribution in [2.75, 3.05) is 37.7 Å². The van der Waals surface area contributed by atoms with Gasteiger partial charge in [0, 0.05) is 43.7 Å². The molecule has 0 amide bonds. The van der Waals surface area contributed by atoms with Gasteiger partial charge in [-0.3, -0.25) is 4.90 Å². The average molecular weight is 585 g/mol. The molecule has 4 aliphatic heterocycles. The van der Waals surface area contributed by atoms with Gasteiger partial charge < -0.3 is 15.0 Å². The van der Waals surface area contributed by atoms with Gasteiger partial charge in [-0.1, -0.05) is 12.1 Å². The number of nitrogens with one attached hydrogen (secondary N) is 1. The highest BCUT2D eigenvalue weighted by molar-refractivity contribution is 5.96. The molecule has 2 bridgehead atoms. The van der Waals surface area contributed by atoms with Crippen LogP contribution >= 0.6 is 0 Å². The summed E-state index contributed by atoms with van der Waals surface area (Å²) in [6.45, 7) is 2.47. The van der Waals surface area contributed by atoms with Crippen molar-refractivity contribution in [1.29, 1.82) is 0 Å². The summed E-state index contributed by atoms with van der Waals surface area (Å²) in [7, 11) is 0. The van der Waals surface area contributed by atoms with E-state index < -0.39 is 29.3 Å². The molecule has 0 spiro atoms. The SMILES string of the molecule is C#Cc1nc(-c2cccc(C(F)(F)F)c2)c(F)c2nc(OC[C@@]34CCCN3C[C@H](F)C4)nc(N3CC4CCC(C3)N4)c12. The summed E-state index contributed by atoms with van der Waals surface area (Å²) in [5.74, 6) is 1.95. The number of hydrogen-bond acceptors (Lipinski definition) is 7. The molecule has 0 radical (unpaired) electrons. The van der Waals surface area contributed by atoms with E-state index in [1.54, 1.807) is 0 Å². The van der Waals surface area contributed by atoms with Crippen LogP contribution in [-0.2, 0) is 6.18 Å². The van der Waals surface area contributed by atoms with Gasteiger partial charge in [0.25, 0.3) is 0 Å². The minimum Gasteiger partial charge on any atom is -0.461 e. The first-order chi connectivity index (χ1) is 20.1. The number of halogens is 5. The highest BCUT2D eigenvalue weighted by Gasteiger charge is 2.49. The highest BCUT2D eigenvalue weighted by atomic mass is 19.4. The maximum Gasteiger partial charge on any atom is 0.416 e. The van der Waals surface area contributed by atoms with E-state index in [-0.39, 0.29) is 52.6 Å². The van der Waals surface area contributed by atoms with Crippen molar-refractivity contribution in [2.45, 2.75) is 62.1 Å². The number of aromatic nitrogens is 3. The molecule has 4 aliphatic rings. The second-order valence-corrected chi connectivity index (χ2v) is 11.8. The first-order valence-electron chi connectivity index (χ1n) is 14.2. The molecule has 1 N–H and O–H groups in total. The van der Waals surface area contributed by atoms with Gasteiger partial charge in [-0.25, -0.2) is 13.8 Å². The molecule has 2 aromatic heterocycles. The van der Waals surface area contributed by atoms with Crippen molar-refractivity contribution in [1.82, 2.24) is 25.2 Å². The van der Waals surface area contributed by atoms with E-state index in [9.17, 15) is 17.6 Å². The molecule has 0 aliphatic carbocycles. The van der Waals surface area contributed by atoms with Crippen LogP contribution in [0.3, 0.4) is 0 Å². The number of terminal acetylenes is 1. The van der Waals surface area contributed by atoms with Crippen molar-refractivity contribution < 1.29 is 26.7 Å². The van der Waals surface area contributed by atoms with Gasteiger partial charge in [0.2, 0.25) is 0 Å². The highest BCUT2D eigenvalue weighted by Crippen LogP contribution is 2.41. The van der Waals surface area contributed by atoms with Gasteiger partial charge in [0.15, 0.2) is 5.82 Å². The van der Waals surface area contributed by atoms with Gasteiger partial charge in [-0.2, -0.15) is 23.1 Å². The molecule has 2 unspecified atom stereocenters. The predicted octanol–water partition coefficient (Wildman–Crippen LogP) is 4.73. The van der Waals surface area contributed by atoms with Crippen molar-refractivity contribution >= 4 is 16.7 Å². The molecule has 6 heterocycles. The summed E-state index contributed by atoms with van der Waals surface area (Å²) < 4.78 is 77.3. The number of hydrogen-bond donors (Lipinski definition) is 1. The summed E-state index contributed by atoms with van der Waals surface area (Å²) >= 11 is 0. The Bertz CT molecular complexity index is 1580. The Morgan fingerprint density at radius 2 is 1.90 bits per heavy atom. The zero-order valence-corrected chi connectivity index (χ0v) is 22.7. The molecule has 4 saturated heterocycles. The standard InChI is InChI=1S/C30H29F5N6O/c1-2-22-23-26(24(32)25(37-22)17-5-3-6-18(11-17)30(33,34)35)38-28(39-27(23)40-14-20-7-8-21(15-40)36-20)42-16-29-9-4-10-41(29)13-19(31)12-29/h1,3,5-6,11,19-21,36H,4,7-10,12-16H2/t19-,20?,21?,29+/m1/s1. The monoisotopic (exact) mass is 584 g/mol. The second kappa shape index (κ2) is 10.0. The van der Waals surface area contributed by atoms with E-state index in [1.165, 1.54) is 12.1 Å². The minimum atomic E-state index is -4.62. The normalized spacial score (nSPS) is 27.4. The number of alkyl halides is 4. The van der Waals surface area contributed by atoms with Crippen molar-refractivity contribution in [3.05, 3.63) is 41.3 Å². The van der Waals surface area contributed by atoms with E-state index in [0.717, 1.165) is 44.4 Å². The molecule has 7 nitrogen and oxygen atoms in total. The number of ether oxygens (including phenoxy) is 1. The molecule has 0 saturated carbocycles. The average Bonchev–Trinajstić information content (AvgIpc) is 3.61. The van der Waals surface area contributed by atoms with Gasteiger partial charge in [-0.05, 0) is 50.3 Å². The third-order valence-electron chi connectivity index (χ3n) is 9.09. The topological polar surface area (TPSA) is 66.4 Å². The fourth-order valence-electron chi connectivity index (χ4n) is 7.18. The zero-order chi connectivity index (χ0) is 29.2. The Morgan fingerprint density at radius 3 is 2.64 bits per heavy atom. The smallest absolute Gasteiger partial charge is 0.416 e.